The molecule has 0 bridgehead atoms. The summed E-state index contributed by atoms with van der Waals surface area (Å²) in [5, 5.41) is 0.762. The van der Waals surface area contributed by atoms with Crippen LogP contribution in [0.4, 0.5) is 0 Å². The van der Waals surface area contributed by atoms with Crippen molar-refractivity contribution < 1.29 is 14.4 Å². The number of hydroxylamine groups is 2. The number of nitrogens with zero attached hydrogens (tertiary/aromatic N) is 1. The maximum absolute atomic E-state index is 11.4. The van der Waals surface area contributed by atoms with Crippen LogP contribution in [0.1, 0.15) is 12.0 Å². The third kappa shape index (κ3) is 3.03. The SMILES string of the molecule is Cl.N[C@@H]1CC(=O)N(OCc2ccccc2)C1=O. The Morgan fingerprint density at radius 1 is 1.29 bits per heavy atom. The molecule has 2 rings (SSSR count). The van der Waals surface area contributed by atoms with Crippen LogP contribution in [-0.4, -0.2) is 22.9 Å². The molecule has 17 heavy (non-hydrogen) atoms. The molecule has 0 aliphatic carbocycles. The number of nitrogens with two attached hydrogens (primary N) is 1. The van der Waals surface area contributed by atoms with Gasteiger partial charge < -0.3 is 5.73 Å². The second-order valence-corrected chi connectivity index (χ2v) is 3.60. The average Bonchev–Trinajstić information content (AvgIpc) is 2.53. The molecule has 6 heteroatoms. The molecule has 1 saturated heterocycles. The number of hydrogen-bond donors (Lipinski definition) is 1. The smallest absolute Gasteiger partial charge is 0.270 e. The van der Waals surface area contributed by atoms with Crippen molar-refractivity contribution in [2.75, 3.05) is 0 Å². The van der Waals surface area contributed by atoms with Gasteiger partial charge in [0.2, 0.25) is 0 Å². The lowest BCUT2D eigenvalue weighted by Gasteiger charge is -2.13. The van der Waals surface area contributed by atoms with E-state index in [2.05, 4.69) is 0 Å². The van der Waals surface area contributed by atoms with Crippen molar-refractivity contribution in [3.05, 3.63) is 35.9 Å². The summed E-state index contributed by atoms with van der Waals surface area (Å²) in [6.45, 7) is 0.186. The summed E-state index contributed by atoms with van der Waals surface area (Å²) in [5.41, 5.74) is 6.33. The molecule has 5 nitrogen and oxygen atoms in total. The van der Waals surface area contributed by atoms with E-state index in [1.807, 2.05) is 30.3 Å². The zero-order valence-electron chi connectivity index (χ0n) is 9.04. The minimum absolute atomic E-state index is 0. The number of imide groups is 1. The number of carbonyl (C=O) groups is 2. The molecule has 1 heterocycles. The standard InChI is InChI=1S/C11H12N2O3.ClH/c12-9-6-10(14)13(11(9)15)16-7-8-4-2-1-3-5-8;/h1-5,9H,6-7,12H2;1H/t9-;/m1./s1. The van der Waals surface area contributed by atoms with Crippen LogP contribution in [0.2, 0.25) is 0 Å². The van der Waals surface area contributed by atoms with Crippen molar-refractivity contribution in [2.24, 2.45) is 5.73 Å². The lowest BCUT2D eigenvalue weighted by Crippen LogP contribution is -2.35. The van der Waals surface area contributed by atoms with E-state index in [-0.39, 0.29) is 31.3 Å². The summed E-state index contributed by atoms with van der Waals surface area (Å²) < 4.78 is 0. The van der Waals surface area contributed by atoms with Crippen molar-refractivity contribution in [1.29, 1.82) is 0 Å². The lowest BCUT2D eigenvalue weighted by molar-refractivity contribution is -0.191. The van der Waals surface area contributed by atoms with Crippen molar-refractivity contribution >= 4 is 24.2 Å². The molecule has 2 amide bonds. The molecule has 2 N–H and O–H groups in total. The first-order chi connectivity index (χ1) is 7.68. The van der Waals surface area contributed by atoms with E-state index in [9.17, 15) is 9.59 Å². The van der Waals surface area contributed by atoms with Gasteiger partial charge in [0, 0.05) is 0 Å². The van der Waals surface area contributed by atoms with Gasteiger partial charge >= 0.3 is 0 Å². The summed E-state index contributed by atoms with van der Waals surface area (Å²) in [7, 11) is 0. The van der Waals surface area contributed by atoms with Gasteiger partial charge in [-0.3, -0.25) is 14.4 Å². The van der Waals surface area contributed by atoms with Crippen molar-refractivity contribution in [3.63, 3.8) is 0 Å². The van der Waals surface area contributed by atoms with Crippen LogP contribution in [0.25, 0.3) is 0 Å². The molecule has 1 aromatic carbocycles. The van der Waals surface area contributed by atoms with Crippen LogP contribution in [0.15, 0.2) is 30.3 Å². The molecule has 1 aromatic rings. The lowest BCUT2D eigenvalue weighted by atomic mass is 10.2. The first-order valence-corrected chi connectivity index (χ1v) is 4.97. The Bertz CT molecular complexity index is 410. The van der Waals surface area contributed by atoms with Crippen LogP contribution < -0.4 is 5.73 Å². The topological polar surface area (TPSA) is 72.6 Å². The van der Waals surface area contributed by atoms with Gasteiger partial charge in [-0.05, 0) is 5.56 Å². The fourth-order valence-electron chi connectivity index (χ4n) is 1.48. The van der Waals surface area contributed by atoms with Gasteiger partial charge in [0.1, 0.15) is 6.61 Å². The van der Waals surface area contributed by atoms with Crippen LogP contribution >= 0.6 is 12.4 Å². The number of halogens is 1. The summed E-state index contributed by atoms with van der Waals surface area (Å²) >= 11 is 0. The fraction of sp³-hybridized carbons (Fsp3) is 0.273. The Kier molecular flexibility index (Phi) is 4.62. The van der Waals surface area contributed by atoms with Crippen molar-refractivity contribution in [3.8, 4) is 0 Å². The Labute approximate surface area is 105 Å². The molecule has 1 atom stereocenters. The largest absolute Gasteiger partial charge is 0.319 e. The Morgan fingerprint density at radius 3 is 2.47 bits per heavy atom. The van der Waals surface area contributed by atoms with Gasteiger partial charge in [-0.25, -0.2) is 0 Å². The minimum atomic E-state index is -0.761. The molecular formula is C11H13ClN2O3. The number of hydrogen-bond acceptors (Lipinski definition) is 4. The maximum atomic E-state index is 11.4. The van der Waals surface area contributed by atoms with E-state index in [1.165, 1.54) is 0 Å². The van der Waals surface area contributed by atoms with E-state index in [0.29, 0.717) is 0 Å². The van der Waals surface area contributed by atoms with Crippen molar-refractivity contribution in [1.82, 2.24) is 5.06 Å². The zero-order chi connectivity index (χ0) is 11.5. The van der Waals surface area contributed by atoms with Crippen LogP contribution in [0.3, 0.4) is 0 Å². The molecular weight excluding hydrogens is 244 g/mol. The molecule has 0 radical (unpaired) electrons. The van der Waals surface area contributed by atoms with Gasteiger partial charge in [0.15, 0.2) is 0 Å². The molecule has 0 spiro atoms. The van der Waals surface area contributed by atoms with Crippen LogP contribution in [-0.2, 0) is 21.0 Å². The summed E-state index contributed by atoms with van der Waals surface area (Å²) in [6, 6.07) is 8.54. The molecule has 0 aromatic heterocycles. The number of carbonyl (C=O) groups excluding carboxylic acids is 2. The highest BCUT2D eigenvalue weighted by molar-refractivity contribution is 6.04. The van der Waals surface area contributed by atoms with Crippen LogP contribution in [0, 0.1) is 0 Å². The second kappa shape index (κ2) is 5.77. The highest BCUT2D eigenvalue weighted by Gasteiger charge is 2.37. The molecule has 92 valence electrons. The zero-order valence-corrected chi connectivity index (χ0v) is 9.85. The van der Waals surface area contributed by atoms with E-state index in [4.69, 9.17) is 10.6 Å². The Hall–Kier alpha value is -1.43. The number of rotatable bonds is 3. The Morgan fingerprint density at radius 2 is 1.94 bits per heavy atom. The minimum Gasteiger partial charge on any atom is -0.319 e. The van der Waals surface area contributed by atoms with Crippen molar-refractivity contribution in [2.45, 2.75) is 19.1 Å². The summed E-state index contributed by atoms with van der Waals surface area (Å²) in [5.74, 6) is -0.852. The quantitative estimate of drug-likeness (QED) is 0.805. The molecule has 1 aliphatic heterocycles. The van der Waals surface area contributed by atoms with E-state index >= 15 is 0 Å². The van der Waals surface area contributed by atoms with Crippen LogP contribution in [0.5, 0.6) is 0 Å². The summed E-state index contributed by atoms with van der Waals surface area (Å²) in [6.07, 6.45) is 0.0215. The van der Waals surface area contributed by atoms with E-state index in [1.54, 1.807) is 0 Å². The van der Waals surface area contributed by atoms with Gasteiger partial charge in [-0.1, -0.05) is 30.3 Å². The molecule has 0 saturated carbocycles. The third-order valence-electron chi connectivity index (χ3n) is 2.34. The highest BCUT2D eigenvalue weighted by atomic mass is 35.5. The maximum Gasteiger partial charge on any atom is 0.270 e. The fourth-order valence-corrected chi connectivity index (χ4v) is 1.48. The van der Waals surface area contributed by atoms with Gasteiger partial charge in [0.05, 0.1) is 12.5 Å². The first-order valence-electron chi connectivity index (χ1n) is 4.97. The van der Waals surface area contributed by atoms with Gasteiger partial charge in [-0.15, -0.1) is 12.4 Å². The Balaban J connectivity index is 0.00000144. The van der Waals surface area contributed by atoms with Gasteiger partial charge in [0.25, 0.3) is 11.8 Å². The monoisotopic (exact) mass is 256 g/mol. The predicted molar refractivity (Wildman–Crippen MR) is 62.9 cm³/mol. The number of amides is 2. The molecule has 0 unspecified atom stereocenters. The van der Waals surface area contributed by atoms with E-state index in [0.717, 1.165) is 10.6 Å². The second-order valence-electron chi connectivity index (χ2n) is 3.60. The molecule has 1 aliphatic rings. The third-order valence-corrected chi connectivity index (χ3v) is 2.34. The van der Waals surface area contributed by atoms with E-state index < -0.39 is 11.9 Å². The average molecular weight is 257 g/mol. The van der Waals surface area contributed by atoms with Gasteiger partial charge in [-0.2, -0.15) is 5.06 Å². The molecule has 1 fully saturated rings. The summed E-state index contributed by atoms with van der Waals surface area (Å²) in [4.78, 5) is 27.8. The predicted octanol–water partition coefficient (Wildman–Crippen LogP) is 0.626. The highest BCUT2D eigenvalue weighted by Crippen LogP contribution is 2.13. The normalized spacial score (nSPS) is 19.4. The number of benzene rings is 1. The first kappa shape index (κ1) is 13.6.